The molecule has 2 amide bonds. The van der Waals surface area contributed by atoms with Crippen LogP contribution >= 0.6 is 0 Å². The number of aromatic amines is 1. The Balaban J connectivity index is 1.36. The molecule has 1 aromatic carbocycles. The third kappa shape index (κ3) is 5.42. The van der Waals surface area contributed by atoms with Gasteiger partial charge in [-0.05, 0) is 44.4 Å². The van der Waals surface area contributed by atoms with E-state index in [1.807, 2.05) is 12.1 Å². The summed E-state index contributed by atoms with van der Waals surface area (Å²) >= 11 is 0. The zero-order valence-corrected chi connectivity index (χ0v) is 16.0. The molecule has 2 aromatic heterocycles. The van der Waals surface area contributed by atoms with Crippen LogP contribution in [-0.2, 0) is 6.42 Å². The smallest absolute Gasteiger partial charge is 0.322 e. The van der Waals surface area contributed by atoms with Crippen LogP contribution in [0.2, 0.25) is 0 Å². The lowest BCUT2D eigenvalue weighted by Gasteiger charge is -2.16. The van der Waals surface area contributed by atoms with Gasteiger partial charge in [0.05, 0.1) is 5.69 Å². The number of benzene rings is 1. The maximum absolute atomic E-state index is 13.3. The molecule has 0 unspecified atom stereocenters. The first-order valence-corrected chi connectivity index (χ1v) is 9.27. The van der Waals surface area contributed by atoms with Gasteiger partial charge in [-0.1, -0.05) is 23.7 Å². The number of halogens is 1. The topological polar surface area (TPSA) is 87.0 Å². The van der Waals surface area contributed by atoms with Gasteiger partial charge in [-0.2, -0.15) is 5.10 Å². The number of amides is 2. The molecule has 148 valence electrons. The monoisotopic (exact) mass is 385 g/mol. The second-order valence-electron chi connectivity index (χ2n) is 6.77. The van der Waals surface area contributed by atoms with Crippen molar-refractivity contribution in [3.05, 3.63) is 53.7 Å². The molecular formula is C20H24FN5O2. The molecule has 8 heteroatoms. The van der Waals surface area contributed by atoms with Crippen molar-refractivity contribution in [2.24, 2.45) is 0 Å². The lowest BCUT2D eigenvalue weighted by atomic mass is 10.1. The van der Waals surface area contributed by atoms with Crippen molar-refractivity contribution in [3.63, 3.8) is 0 Å². The minimum absolute atomic E-state index is 0.207. The van der Waals surface area contributed by atoms with Gasteiger partial charge in [0.2, 0.25) is 0 Å². The fourth-order valence-corrected chi connectivity index (χ4v) is 2.86. The highest BCUT2D eigenvalue weighted by molar-refractivity contribution is 5.88. The Morgan fingerprint density at radius 3 is 2.86 bits per heavy atom. The summed E-state index contributed by atoms with van der Waals surface area (Å²) in [6.45, 7) is 2.42. The molecule has 0 saturated heterocycles. The third-order valence-corrected chi connectivity index (χ3v) is 4.40. The van der Waals surface area contributed by atoms with Crippen LogP contribution in [0.3, 0.4) is 0 Å². The zero-order chi connectivity index (χ0) is 19.9. The summed E-state index contributed by atoms with van der Waals surface area (Å²) in [7, 11) is 1.75. The standard InChI is InChI=1S/C20H24FN5O2/c1-14-11-19(25-28-14)22-20(27)26(2)10-5-3-4-9-17-13-18(24-23-17)15-7-6-8-16(21)12-15/h6-8,11-13H,3-5,9-10H2,1-2H3,(H,23,24)(H,22,25,27). The van der Waals surface area contributed by atoms with Crippen molar-refractivity contribution in [1.82, 2.24) is 20.3 Å². The molecule has 0 saturated carbocycles. The van der Waals surface area contributed by atoms with Crippen molar-refractivity contribution in [3.8, 4) is 11.3 Å². The first kappa shape index (κ1) is 19.6. The molecule has 0 atom stereocenters. The molecule has 0 aliphatic rings. The lowest BCUT2D eigenvalue weighted by Crippen LogP contribution is -2.32. The van der Waals surface area contributed by atoms with Gasteiger partial charge in [0.25, 0.3) is 0 Å². The molecule has 0 bridgehead atoms. The first-order chi connectivity index (χ1) is 13.5. The normalized spacial score (nSPS) is 10.8. The van der Waals surface area contributed by atoms with E-state index in [2.05, 4.69) is 20.7 Å². The van der Waals surface area contributed by atoms with Crippen molar-refractivity contribution in [2.45, 2.75) is 32.6 Å². The first-order valence-electron chi connectivity index (χ1n) is 9.27. The average Bonchev–Trinajstić information content (AvgIpc) is 3.30. The average molecular weight is 385 g/mol. The van der Waals surface area contributed by atoms with Gasteiger partial charge >= 0.3 is 6.03 Å². The van der Waals surface area contributed by atoms with Crippen LogP contribution in [0, 0.1) is 12.7 Å². The number of unbranched alkanes of at least 4 members (excludes halogenated alkanes) is 2. The van der Waals surface area contributed by atoms with E-state index in [-0.39, 0.29) is 11.8 Å². The van der Waals surface area contributed by atoms with Crippen LogP contribution < -0.4 is 5.32 Å². The van der Waals surface area contributed by atoms with E-state index in [4.69, 9.17) is 4.52 Å². The number of aromatic nitrogens is 3. The Kier molecular flexibility index (Phi) is 6.41. The molecule has 0 fully saturated rings. The van der Waals surface area contributed by atoms with E-state index in [1.165, 1.54) is 12.1 Å². The molecule has 3 rings (SSSR count). The van der Waals surface area contributed by atoms with E-state index < -0.39 is 0 Å². The Hall–Kier alpha value is -3.16. The highest BCUT2D eigenvalue weighted by Gasteiger charge is 2.11. The minimum Gasteiger partial charge on any atom is -0.360 e. The fraction of sp³-hybridized carbons (Fsp3) is 0.350. The maximum Gasteiger partial charge on any atom is 0.322 e. The number of nitrogens with one attached hydrogen (secondary N) is 2. The molecule has 2 heterocycles. The molecular weight excluding hydrogens is 361 g/mol. The number of H-pyrrole nitrogens is 1. The number of aryl methyl sites for hydroxylation is 2. The van der Waals surface area contributed by atoms with Gasteiger partial charge in [-0.15, -0.1) is 0 Å². The molecule has 7 nitrogen and oxygen atoms in total. The molecule has 3 aromatic rings. The van der Waals surface area contributed by atoms with Crippen molar-refractivity contribution in [1.29, 1.82) is 0 Å². The molecule has 0 aliphatic heterocycles. The van der Waals surface area contributed by atoms with Crippen molar-refractivity contribution in [2.75, 3.05) is 18.9 Å². The molecule has 2 N–H and O–H groups in total. The summed E-state index contributed by atoms with van der Waals surface area (Å²) in [6, 6.07) is 9.83. The minimum atomic E-state index is -0.270. The van der Waals surface area contributed by atoms with Gasteiger partial charge in [-0.25, -0.2) is 9.18 Å². The fourth-order valence-electron chi connectivity index (χ4n) is 2.86. The predicted molar refractivity (Wildman–Crippen MR) is 104 cm³/mol. The van der Waals surface area contributed by atoms with Crippen LogP contribution in [0.4, 0.5) is 15.0 Å². The second kappa shape index (κ2) is 9.16. The summed E-state index contributed by atoms with van der Waals surface area (Å²) in [6.07, 6.45) is 3.71. The predicted octanol–water partition coefficient (Wildman–Crippen LogP) is 4.39. The van der Waals surface area contributed by atoms with Crippen molar-refractivity contribution < 1.29 is 13.7 Å². The highest BCUT2D eigenvalue weighted by Crippen LogP contribution is 2.19. The summed E-state index contributed by atoms with van der Waals surface area (Å²) in [4.78, 5) is 13.7. The molecule has 28 heavy (non-hydrogen) atoms. The zero-order valence-electron chi connectivity index (χ0n) is 16.0. The number of nitrogens with zero attached hydrogens (tertiary/aromatic N) is 3. The largest absolute Gasteiger partial charge is 0.360 e. The van der Waals surface area contributed by atoms with Gasteiger partial charge in [0.15, 0.2) is 5.82 Å². The highest BCUT2D eigenvalue weighted by atomic mass is 19.1. The number of urea groups is 1. The lowest BCUT2D eigenvalue weighted by molar-refractivity contribution is 0.221. The molecule has 0 aliphatic carbocycles. The van der Waals surface area contributed by atoms with Crippen LogP contribution in [-0.4, -0.2) is 39.9 Å². The Morgan fingerprint density at radius 1 is 1.25 bits per heavy atom. The van der Waals surface area contributed by atoms with Gasteiger partial charge < -0.3 is 9.42 Å². The van der Waals surface area contributed by atoms with Gasteiger partial charge in [0.1, 0.15) is 11.6 Å². The van der Waals surface area contributed by atoms with E-state index >= 15 is 0 Å². The number of hydrogen-bond donors (Lipinski definition) is 2. The molecule has 0 spiro atoms. The Bertz CT molecular complexity index is 921. The van der Waals surface area contributed by atoms with E-state index in [0.29, 0.717) is 18.1 Å². The van der Waals surface area contributed by atoms with E-state index in [9.17, 15) is 9.18 Å². The number of carbonyl (C=O) groups excluding carboxylic acids is 1. The SMILES string of the molecule is Cc1cc(NC(=O)N(C)CCCCCc2cc(-c3cccc(F)c3)n[nH]2)no1. The number of anilines is 1. The third-order valence-electron chi connectivity index (χ3n) is 4.40. The maximum atomic E-state index is 13.3. The quantitative estimate of drug-likeness (QED) is 0.563. The summed E-state index contributed by atoms with van der Waals surface area (Å²) in [5.41, 5.74) is 2.53. The van der Waals surface area contributed by atoms with Crippen LogP contribution in [0.1, 0.15) is 30.7 Å². The summed E-state index contributed by atoms with van der Waals surface area (Å²) < 4.78 is 18.2. The number of rotatable bonds is 8. The Labute approximate surface area is 162 Å². The van der Waals surface area contributed by atoms with Gasteiger partial charge in [0, 0.05) is 30.9 Å². The number of carbonyl (C=O) groups is 1. The van der Waals surface area contributed by atoms with Crippen LogP contribution in [0.15, 0.2) is 40.9 Å². The summed E-state index contributed by atoms with van der Waals surface area (Å²) in [5.74, 6) is 0.800. The van der Waals surface area contributed by atoms with Crippen LogP contribution in [0.25, 0.3) is 11.3 Å². The molecule has 0 radical (unpaired) electrons. The van der Waals surface area contributed by atoms with Crippen molar-refractivity contribution >= 4 is 11.8 Å². The second-order valence-corrected chi connectivity index (χ2v) is 6.77. The number of hydrogen-bond acceptors (Lipinski definition) is 4. The van der Waals surface area contributed by atoms with Gasteiger partial charge in [-0.3, -0.25) is 10.4 Å². The van der Waals surface area contributed by atoms with Crippen LogP contribution in [0.5, 0.6) is 0 Å². The van der Waals surface area contributed by atoms with E-state index in [1.54, 1.807) is 31.0 Å². The Morgan fingerprint density at radius 2 is 2.11 bits per heavy atom. The summed E-state index contributed by atoms with van der Waals surface area (Å²) in [5, 5.41) is 13.7. The van der Waals surface area contributed by atoms with E-state index in [0.717, 1.165) is 42.6 Å².